The Kier molecular flexibility index (Phi) is 13.0. The Morgan fingerprint density at radius 2 is 1.75 bits per heavy atom. The number of carbonyl (C=O) groups is 4. The van der Waals surface area contributed by atoms with E-state index < -0.39 is 74.3 Å². The van der Waals surface area contributed by atoms with E-state index >= 15 is 4.79 Å². The van der Waals surface area contributed by atoms with Gasteiger partial charge in [0.2, 0.25) is 27.7 Å². The van der Waals surface area contributed by atoms with Crippen LogP contribution in [0, 0.1) is 17.8 Å². The second-order valence-electron chi connectivity index (χ2n) is 18.8. The molecule has 1 unspecified atom stereocenters. The molecule has 0 radical (unpaired) electrons. The number of hydrogen-bond acceptors (Lipinski definition) is 12. The number of pyridine rings is 2. The summed E-state index contributed by atoms with van der Waals surface area (Å²) in [5.74, 6) is -1.26. The van der Waals surface area contributed by atoms with Crippen molar-refractivity contribution in [1.82, 2.24) is 30.2 Å². The Bertz CT molecular complexity index is 2360. The van der Waals surface area contributed by atoms with Gasteiger partial charge in [0.25, 0.3) is 5.91 Å². The van der Waals surface area contributed by atoms with Gasteiger partial charge in [-0.15, -0.1) is 0 Å². The minimum absolute atomic E-state index is 0.0108. The molecule has 2 aliphatic carbocycles. The molecule has 63 heavy (non-hydrogen) atoms. The van der Waals surface area contributed by atoms with Gasteiger partial charge in [0.15, 0.2) is 0 Å². The Morgan fingerprint density at radius 3 is 2.41 bits per heavy atom. The lowest BCUT2D eigenvalue weighted by molar-refractivity contribution is -0.142. The highest BCUT2D eigenvalue weighted by Gasteiger charge is 2.62. The molecule has 7 atom stereocenters. The number of methoxy groups -OCH3 is 1. The van der Waals surface area contributed by atoms with Crippen molar-refractivity contribution in [3.8, 4) is 28.8 Å². The number of sulfonamides is 1. The lowest BCUT2D eigenvalue weighted by Crippen LogP contribution is -2.59. The largest absolute Gasteiger partial charge is 0.497 e. The molecule has 4 aliphatic rings. The van der Waals surface area contributed by atoms with Crippen LogP contribution in [0.3, 0.4) is 0 Å². The number of aromatic nitrogens is 2. The molecule has 3 aromatic rings. The summed E-state index contributed by atoms with van der Waals surface area (Å²) in [7, 11) is -2.36. The third-order valence-electron chi connectivity index (χ3n) is 11.9. The number of alkyl carbamates (subject to hydrolysis) is 1. The number of nitrogens with zero attached hydrogens (tertiary/aromatic N) is 3. The van der Waals surface area contributed by atoms with E-state index in [2.05, 4.69) is 27.3 Å². The first-order chi connectivity index (χ1) is 29.7. The summed E-state index contributed by atoms with van der Waals surface area (Å²) >= 11 is 0. The van der Waals surface area contributed by atoms with Crippen LogP contribution < -0.4 is 29.6 Å². The predicted octanol–water partition coefficient (Wildman–Crippen LogP) is 5.83. The number of nitrogens with one attached hydrogen (secondary N) is 3. The second kappa shape index (κ2) is 18.0. The lowest BCUT2D eigenvalue weighted by Gasteiger charge is -2.33. The fourth-order valence-electron chi connectivity index (χ4n) is 8.52. The van der Waals surface area contributed by atoms with E-state index in [0.29, 0.717) is 54.0 Å². The van der Waals surface area contributed by atoms with Crippen molar-refractivity contribution in [1.29, 1.82) is 0 Å². The third kappa shape index (κ3) is 10.7. The molecule has 3 fully saturated rings. The van der Waals surface area contributed by atoms with Gasteiger partial charge in [-0.25, -0.2) is 18.2 Å². The number of carbonyl (C=O) groups excluding carboxylic acids is 4. The first-order valence-electron chi connectivity index (χ1n) is 21.9. The van der Waals surface area contributed by atoms with Gasteiger partial charge >= 0.3 is 6.09 Å². The highest BCUT2D eigenvalue weighted by atomic mass is 32.2. The zero-order valence-electron chi connectivity index (χ0n) is 37.3. The summed E-state index contributed by atoms with van der Waals surface area (Å²) in [6.07, 6.45) is 6.91. The van der Waals surface area contributed by atoms with Crippen LogP contribution in [0.15, 0.2) is 54.7 Å². The fraction of sp³-hybridized carbons (Fsp3) is 0.565. The maximum absolute atomic E-state index is 15.0. The standard InChI is InChI=1S/C46H60N6O10S/c1-26(2)60-32-14-18-36(47-24-32)37-21-29-20-31(59-8)13-17-35(29)41(48-37)61-33-22-38-40(53)50-46(43(55)51-63(57,58)34-15-16-34)23-30(46)12-10-9-11-27(3)19-28(4)39(42(54)52(38)25-33)49-44(56)62-45(5,6)7/h10,12-14,17-18,20-21,24,26-28,30,33-34,38-39H,9,11,15-16,19,22-23,25H2,1-8H3,(H,49,56)(H,50,53)(H,51,55)/b12-10-/t27-,28+,30?,33+,38-,39-,46+/m0/s1. The van der Waals surface area contributed by atoms with E-state index in [-0.39, 0.29) is 43.2 Å². The van der Waals surface area contributed by atoms with E-state index in [1.165, 1.54) is 4.90 Å². The summed E-state index contributed by atoms with van der Waals surface area (Å²) in [4.78, 5) is 68.0. The maximum atomic E-state index is 15.0. The number of amides is 4. The zero-order chi connectivity index (χ0) is 45.4. The fourth-order valence-corrected chi connectivity index (χ4v) is 9.88. The van der Waals surface area contributed by atoms with Crippen LogP contribution in [0.5, 0.6) is 17.4 Å². The van der Waals surface area contributed by atoms with Crippen molar-refractivity contribution in [2.75, 3.05) is 13.7 Å². The SMILES string of the molecule is COc1ccc2c(O[C@@H]3C[C@H]4C(=O)N[C@]5(C(=O)NS(=O)(=O)C6CC6)CC5/C=C\CC[C@H](C)C[C@@H](C)[C@H](NC(=O)OC(C)(C)C)C(=O)N4C3)nc(-c3ccc(OC(C)C)cn3)cc2c1. The number of hydrogen-bond donors (Lipinski definition) is 3. The van der Waals surface area contributed by atoms with Crippen LogP contribution in [0.4, 0.5) is 4.79 Å². The van der Waals surface area contributed by atoms with Crippen molar-refractivity contribution < 1.29 is 46.5 Å². The summed E-state index contributed by atoms with van der Waals surface area (Å²) in [6.45, 7) is 12.9. The van der Waals surface area contributed by atoms with Gasteiger partial charge in [-0.1, -0.05) is 26.0 Å². The molecule has 0 bridgehead atoms. The van der Waals surface area contributed by atoms with Crippen molar-refractivity contribution in [3.63, 3.8) is 0 Å². The Hall–Kier alpha value is -5.45. The van der Waals surface area contributed by atoms with Crippen LogP contribution in [-0.4, -0.2) is 101 Å². The normalized spacial score (nSPS) is 27.2. The molecule has 7 rings (SSSR count). The van der Waals surface area contributed by atoms with Gasteiger partial charge in [-0.05, 0) is 127 Å². The quantitative estimate of drug-likeness (QED) is 0.206. The third-order valence-corrected chi connectivity index (χ3v) is 13.8. The molecule has 3 N–H and O–H groups in total. The van der Waals surface area contributed by atoms with E-state index in [9.17, 15) is 22.8 Å². The van der Waals surface area contributed by atoms with Gasteiger partial charge in [0, 0.05) is 17.7 Å². The minimum Gasteiger partial charge on any atom is -0.497 e. The number of allylic oxidation sites excluding steroid dienone is 1. The summed E-state index contributed by atoms with van der Waals surface area (Å²) in [5.41, 5.74) is -1.35. The molecule has 4 amide bonds. The van der Waals surface area contributed by atoms with Crippen LogP contribution in [-0.2, 0) is 29.1 Å². The average molecular weight is 889 g/mol. The second-order valence-corrected chi connectivity index (χ2v) is 20.8. The molecule has 340 valence electrons. The molecular weight excluding hydrogens is 829 g/mol. The van der Waals surface area contributed by atoms with Crippen LogP contribution >= 0.6 is 0 Å². The molecule has 4 heterocycles. The van der Waals surface area contributed by atoms with Gasteiger partial charge in [-0.3, -0.25) is 24.1 Å². The first kappa shape index (κ1) is 45.6. The summed E-state index contributed by atoms with van der Waals surface area (Å²) in [5, 5.41) is 6.48. The summed E-state index contributed by atoms with van der Waals surface area (Å²) in [6, 6.07) is 8.67. The smallest absolute Gasteiger partial charge is 0.408 e. The molecule has 2 aromatic heterocycles. The van der Waals surface area contributed by atoms with Crippen molar-refractivity contribution >= 4 is 44.6 Å². The zero-order valence-corrected chi connectivity index (χ0v) is 38.1. The Balaban J connectivity index is 1.25. The lowest BCUT2D eigenvalue weighted by atomic mass is 9.88. The highest BCUT2D eigenvalue weighted by molar-refractivity contribution is 7.91. The van der Waals surface area contributed by atoms with Gasteiger partial charge in [0.05, 0.1) is 42.6 Å². The Morgan fingerprint density at radius 1 is 1.00 bits per heavy atom. The van der Waals surface area contributed by atoms with Crippen molar-refractivity contribution in [2.24, 2.45) is 17.8 Å². The molecule has 16 nitrogen and oxygen atoms in total. The summed E-state index contributed by atoms with van der Waals surface area (Å²) < 4.78 is 51.9. The highest BCUT2D eigenvalue weighted by Crippen LogP contribution is 2.46. The van der Waals surface area contributed by atoms with Crippen LogP contribution in [0.25, 0.3) is 22.2 Å². The van der Waals surface area contributed by atoms with Gasteiger partial charge in [0.1, 0.15) is 40.8 Å². The van der Waals surface area contributed by atoms with E-state index in [4.69, 9.17) is 23.9 Å². The predicted molar refractivity (Wildman–Crippen MR) is 235 cm³/mol. The first-order valence-corrected chi connectivity index (χ1v) is 23.4. The van der Waals surface area contributed by atoms with Crippen molar-refractivity contribution in [2.45, 2.75) is 134 Å². The van der Waals surface area contributed by atoms with Crippen LogP contribution in [0.2, 0.25) is 0 Å². The average Bonchev–Trinajstić information content (AvgIpc) is 4.14. The van der Waals surface area contributed by atoms with Crippen molar-refractivity contribution in [3.05, 3.63) is 54.7 Å². The molecule has 0 spiro atoms. The molecule has 17 heteroatoms. The molecule has 2 saturated carbocycles. The number of ether oxygens (including phenoxy) is 4. The molecule has 1 aromatic carbocycles. The minimum atomic E-state index is -3.94. The molecule has 2 aliphatic heterocycles. The van der Waals surface area contributed by atoms with Crippen LogP contribution in [0.1, 0.15) is 93.4 Å². The van der Waals surface area contributed by atoms with E-state index in [1.54, 1.807) is 46.2 Å². The number of benzene rings is 1. The number of fused-ring (bicyclic) bond motifs is 3. The molecular formula is C46H60N6O10S. The van der Waals surface area contributed by atoms with Gasteiger partial charge < -0.3 is 34.5 Å². The topological polar surface area (TPSA) is 204 Å². The number of rotatable bonds is 10. The monoisotopic (exact) mass is 888 g/mol. The Labute approximate surface area is 369 Å². The van der Waals surface area contributed by atoms with E-state index in [1.807, 2.05) is 57.2 Å². The van der Waals surface area contributed by atoms with Gasteiger partial charge in [-0.2, -0.15) is 0 Å². The maximum Gasteiger partial charge on any atom is 0.408 e. The molecule has 1 saturated heterocycles. The van der Waals surface area contributed by atoms with E-state index in [0.717, 1.165) is 11.8 Å².